The minimum absolute atomic E-state index is 0.108. The minimum atomic E-state index is -0.774. The van der Waals surface area contributed by atoms with Crippen LogP contribution in [0.4, 0.5) is 0 Å². The molecule has 0 amide bonds. The topological polar surface area (TPSA) is 61.8 Å². The molecule has 1 aliphatic heterocycles. The Kier molecular flexibility index (Phi) is 5.75. The third kappa shape index (κ3) is 4.41. The quantitative estimate of drug-likeness (QED) is 0.769. The van der Waals surface area contributed by atoms with E-state index in [9.17, 15) is 5.11 Å². The van der Waals surface area contributed by atoms with Crippen molar-refractivity contribution in [1.29, 1.82) is 5.26 Å². The van der Waals surface area contributed by atoms with Crippen molar-refractivity contribution < 1.29 is 5.11 Å². The first kappa shape index (κ1) is 17.5. The van der Waals surface area contributed by atoms with E-state index in [-0.39, 0.29) is 5.92 Å². The van der Waals surface area contributed by atoms with E-state index >= 15 is 0 Å². The van der Waals surface area contributed by atoms with Crippen molar-refractivity contribution in [3.8, 4) is 6.07 Å². The zero-order valence-corrected chi connectivity index (χ0v) is 14.8. The van der Waals surface area contributed by atoms with Gasteiger partial charge in [-0.25, -0.2) is 4.98 Å². The molecule has 2 aromatic rings. The standard InChI is InChI=1S/C20H21N3OS/c21-14-19-15-22-16-23(19)11-6-2-5-9-18-10-12-25-20(18,24)13-17-7-3-1-4-8-17/h1-5,7-8,10,12,15-16,18,24H,6,9,11,13H2. The molecule has 3 rings (SSSR count). The third-order valence-electron chi connectivity index (χ3n) is 4.38. The summed E-state index contributed by atoms with van der Waals surface area (Å²) in [5.41, 5.74) is 1.74. The van der Waals surface area contributed by atoms with E-state index in [2.05, 4.69) is 41.4 Å². The summed E-state index contributed by atoms with van der Waals surface area (Å²) < 4.78 is 1.85. The number of benzene rings is 1. The van der Waals surface area contributed by atoms with Crippen molar-refractivity contribution >= 4 is 11.8 Å². The van der Waals surface area contributed by atoms with E-state index in [1.54, 1.807) is 12.5 Å². The average Bonchev–Trinajstić information content (AvgIpc) is 3.22. The van der Waals surface area contributed by atoms with Crippen LogP contribution in [0.5, 0.6) is 0 Å². The van der Waals surface area contributed by atoms with Crippen LogP contribution in [0.15, 0.2) is 66.5 Å². The molecule has 2 atom stereocenters. The van der Waals surface area contributed by atoms with Crippen molar-refractivity contribution in [2.75, 3.05) is 0 Å². The van der Waals surface area contributed by atoms with Gasteiger partial charge in [-0.05, 0) is 23.8 Å². The Hall–Kier alpha value is -2.29. The summed E-state index contributed by atoms with van der Waals surface area (Å²) in [5.74, 6) is 0.108. The number of imidazole rings is 1. The molecule has 0 aliphatic carbocycles. The summed E-state index contributed by atoms with van der Waals surface area (Å²) in [6, 6.07) is 12.2. The molecule has 2 heterocycles. The Morgan fingerprint density at radius 1 is 1.32 bits per heavy atom. The molecule has 1 aromatic carbocycles. The molecular formula is C20H21N3OS. The molecule has 0 fully saturated rings. The Balaban J connectivity index is 1.51. The highest BCUT2D eigenvalue weighted by molar-refractivity contribution is 8.03. The molecule has 0 bridgehead atoms. The van der Waals surface area contributed by atoms with E-state index in [0.717, 1.165) is 24.9 Å². The molecule has 0 saturated heterocycles. The Morgan fingerprint density at radius 3 is 2.96 bits per heavy atom. The number of thioether (sulfide) groups is 1. The summed E-state index contributed by atoms with van der Waals surface area (Å²) in [4.78, 5) is 3.21. The SMILES string of the molecule is N#Cc1cncn1CCC=CCC1C=CSC1(O)Cc1ccccc1. The highest BCUT2D eigenvalue weighted by Gasteiger charge is 2.38. The smallest absolute Gasteiger partial charge is 0.139 e. The maximum Gasteiger partial charge on any atom is 0.139 e. The van der Waals surface area contributed by atoms with Crippen LogP contribution >= 0.6 is 11.8 Å². The fourth-order valence-corrected chi connectivity index (χ4v) is 4.08. The summed E-state index contributed by atoms with van der Waals surface area (Å²) in [7, 11) is 0. The van der Waals surface area contributed by atoms with Crippen molar-refractivity contribution in [2.45, 2.75) is 30.7 Å². The van der Waals surface area contributed by atoms with Gasteiger partial charge in [0, 0.05) is 18.9 Å². The lowest BCUT2D eigenvalue weighted by atomic mass is 9.92. The first-order valence-corrected chi connectivity index (χ1v) is 9.25. The van der Waals surface area contributed by atoms with Gasteiger partial charge in [-0.3, -0.25) is 0 Å². The van der Waals surface area contributed by atoms with Crippen LogP contribution in [0.25, 0.3) is 0 Å². The predicted molar refractivity (Wildman–Crippen MR) is 101 cm³/mol. The van der Waals surface area contributed by atoms with Gasteiger partial charge in [0.2, 0.25) is 0 Å². The van der Waals surface area contributed by atoms with Gasteiger partial charge >= 0.3 is 0 Å². The molecular weight excluding hydrogens is 330 g/mol. The number of allylic oxidation sites excluding steroid dienone is 2. The van der Waals surface area contributed by atoms with Crippen LogP contribution in [-0.4, -0.2) is 19.6 Å². The second kappa shape index (κ2) is 8.19. The van der Waals surface area contributed by atoms with Gasteiger partial charge in [0.15, 0.2) is 0 Å². The van der Waals surface area contributed by atoms with Gasteiger partial charge < -0.3 is 9.67 Å². The average molecular weight is 351 g/mol. The zero-order chi connectivity index (χ0) is 17.5. The van der Waals surface area contributed by atoms with Gasteiger partial charge in [-0.1, -0.05) is 60.3 Å². The van der Waals surface area contributed by atoms with Gasteiger partial charge in [-0.2, -0.15) is 5.26 Å². The molecule has 0 radical (unpaired) electrons. The number of hydrogen-bond donors (Lipinski definition) is 1. The molecule has 4 nitrogen and oxygen atoms in total. The summed E-state index contributed by atoms with van der Waals surface area (Å²) in [6.45, 7) is 0.739. The lowest BCUT2D eigenvalue weighted by Crippen LogP contribution is -2.32. The molecule has 1 N–H and O–H groups in total. The van der Waals surface area contributed by atoms with Crippen LogP contribution in [0.1, 0.15) is 24.1 Å². The number of aliphatic hydroxyl groups is 1. The lowest BCUT2D eigenvalue weighted by molar-refractivity contribution is 0.0979. The van der Waals surface area contributed by atoms with Crippen molar-refractivity contribution in [3.63, 3.8) is 0 Å². The van der Waals surface area contributed by atoms with Crippen LogP contribution in [0, 0.1) is 17.2 Å². The van der Waals surface area contributed by atoms with E-state index in [1.807, 2.05) is 28.2 Å². The van der Waals surface area contributed by atoms with E-state index < -0.39 is 4.93 Å². The van der Waals surface area contributed by atoms with E-state index in [4.69, 9.17) is 5.26 Å². The van der Waals surface area contributed by atoms with Gasteiger partial charge in [0.25, 0.3) is 0 Å². The number of aryl methyl sites for hydroxylation is 1. The number of hydrogen-bond acceptors (Lipinski definition) is 4. The predicted octanol–water partition coefficient (Wildman–Crippen LogP) is 3.90. The molecule has 128 valence electrons. The van der Waals surface area contributed by atoms with Crippen molar-refractivity contribution in [3.05, 3.63) is 77.7 Å². The third-order valence-corrected chi connectivity index (χ3v) is 5.53. The number of aromatic nitrogens is 2. The maximum absolute atomic E-state index is 11.0. The Labute approximate surface area is 152 Å². The van der Waals surface area contributed by atoms with E-state index in [1.165, 1.54) is 11.8 Å². The van der Waals surface area contributed by atoms with Crippen molar-refractivity contribution in [1.82, 2.24) is 9.55 Å². The van der Waals surface area contributed by atoms with Crippen LogP contribution in [0.3, 0.4) is 0 Å². The summed E-state index contributed by atoms with van der Waals surface area (Å²) in [5, 5.41) is 22.0. The molecule has 0 spiro atoms. The van der Waals surface area contributed by atoms with Gasteiger partial charge in [0.05, 0.1) is 12.5 Å². The monoisotopic (exact) mass is 351 g/mol. The fraction of sp³-hybridized carbons (Fsp3) is 0.300. The van der Waals surface area contributed by atoms with Crippen LogP contribution < -0.4 is 0 Å². The van der Waals surface area contributed by atoms with Gasteiger partial charge in [-0.15, -0.1) is 0 Å². The van der Waals surface area contributed by atoms with Crippen LogP contribution in [0.2, 0.25) is 0 Å². The molecule has 25 heavy (non-hydrogen) atoms. The second-order valence-corrected chi connectivity index (χ2v) is 7.35. The van der Waals surface area contributed by atoms with Gasteiger partial charge in [0.1, 0.15) is 16.7 Å². The summed E-state index contributed by atoms with van der Waals surface area (Å²) in [6.07, 6.45) is 11.9. The number of nitriles is 1. The molecule has 1 aliphatic rings. The second-order valence-electron chi connectivity index (χ2n) is 6.14. The van der Waals surface area contributed by atoms with Crippen molar-refractivity contribution in [2.24, 2.45) is 5.92 Å². The first-order valence-electron chi connectivity index (χ1n) is 8.37. The zero-order valence-electron chi connectivity index (χ0n) is 14.0. The Bertz CT molecular complexity index is 791. The summed E-state index contributed by atoms with van der Waals surface area (Å²) >= 11 is 1.51. The highest BCUT2D eigenvalue weighted by Crippen LogP contribution is 2.43. The minimum Gasteiger partial charge on any atom is -0.378 e. The molecule has 0 saturated carbocycles. The first-order chi connectivity index (χ1) is 12.2. The lowest BCUT2D eigenvalue weighted by Gasteiger charge is -2.28. The largest absolute Gasteiger partial charge is 0.378 e. The molecule has 1 aromatic heterocycles. The number of rotatable bonds is 7. The molecule has 2 unspecified atom stereocenters. The van der Waals surface area contributed by atoms with Crippen LogP contribution in [-0.2, 0) is 13.0 Å². The fourth-order valence-electron chi connectivity index (χ4n) is 2.98. The maximum atomic E-state index is 11.0. The normalized spacial score (nSPS) is 22.5. The molecule has 5 heteroatoms. The highest BCUT2D eigenvalue weighted by atomic mass is 32.2. The number of nitrogens with zero attached hydrogens (tertiary/aromatic N) is 3. The Morgan fingerprint density at radius 2 is 2.16 bits per heavy atom. The van der Waals surface area contributed by atoms with E-state index in [0.29, 0.717) is 12.1 Å².